The third-order valence-corrected chi connectivity index (χ3v) is 5.81. The van der Waals surface area contributed by atoms with Gasteiger partial charge in [0.1, 0.15) is 12.1 Å². The zero-order chi connectivity index (χ0) is 23.0. The van der Waals surface area contributed by atoms with Gasteiger partial charge in [-0.2, -0.15) is 18.2 Å². The van der Waals surface area contributed by atoms with Crippen LogP contribution >= 0.6 is 0 Å². The van der Waals surface area contributed by atoms with Crippen LogP contribution in [0.2, 0.25) is 0 Å². The molecule has 2 aliphatic rings. The summed E-state index contributed by atoms with van der Waals surface area (Å²) in [5, 5.41) is 11.2. The van der Waals surface area contributed by atoms with E-state index in [1.165, 1.54) is 0 Å². The van der Waals surface area contributed by atoms with E-state index in [1.54, 1.807) is 28.0 Å². The number of urea groups is 1. The van der Waals surface area contributed by atoms with Gasteiger partial charge >= 0.3 is 18.2 Å². The van der Waals surface area contributed by atoms with Crippen LogP contribution in [0.1, 0.15) is 29.6 Å². The summed E-state index contributed by atoms with van der Waals surface area (Å²) < 4.78 is 45.4. The van der Waals surface area contributed by atoms with E-state index in [0.29, 0.717) is 31.9 Å². The van der Waals surface area contributed by atoms with Crippen molar-refractivity contribution < 1.29 is 22.7 Å². The predicted molar refractivity (Wildman–Crippen MR) is 106 cm³/mol. The van der Waals surface area contributed by atoms with Gasteiger partial charge in [0.25, 0.3) is 0 Å². The van der Waals surface area contributed by atoms with Crippen molar-refractivity contribution >= 4 is 6.03 Å². The van der Waals surface area contributed by atoms with Crippen molar-refractivity contribution in [2.45, 2.75) is 24.6 Å². The molecule has 2 aliphatic heterocycles. The van der Waals surface area contributed by atoms with Gasteiger partial charge in [0, 0.05) is 38.3 Å². The van der Waals surface area contributed by atoms with Gasteiger partial charge in [0.15, 0.2) is 5.69 Å². The van der Waals surface area contributed by atoms with E-state index in [1.807, 2.05) is 17.0 Å². The van der Waals surface area contributed by atoms with Gasteiger partial charge in [0.05, 0.1) is 6.04 Å². The Morgan fingerprint density at radius 2 is 1.85 bits per heavy atom. The number of benzene rings is 1. The van der Waals surface area contributed by atoms with Gasteiger partial charge in [-0.05, 0) is 40.6 Å². The van der Waals surface area contributed by atoms with Gasteiger partial charge in [-0.3, -0.25) is 0 Å². The Bertz CT molecular complexity index is 1120. The lowest BCUT2D eigenvalue weighted by Crippen LogP contribution is -2.53. The zero-order valence-electron chi connectivity index (χ0n) is 17.3. The van der Waals surface area contributed by atoms with Gasteiger partial charge in [-0.15, -0.1) is 5.10 Å². The number of carbonyl (C=O) groups excluding carboxylic acids is 1. The summed E-state index contributed by atoms with van der Waals surface area (Å²) in [7, 11) is 0. The molecule has 2 fully saturated rings. The molecule has 33 heavy (non-hydrogen) atoms. The molecular weight excluding hydrogens is 441 g/mol. The molecule has 2 aromatic heterocycles. The molecule has 0 bridgehead atoms. The summed E-state index contributed by atoms with van der Waals surface area (Å²) in [5.74, 6) is 0.516. The summed E-state index contributed by atoms with van der Waals surface area (Å²) in [6.07, 6.45) is -1.19. The second kappa shape index (κ2) is 8.30. The summed E-state index contributed by atoms with van der Waals surface area (Å²) in [6.45, 7) is 2.44. The molecule has 5 rings (SSSR count). The number of likely N-dealkylation sites (tertiary alicyclic amines) is 2. The molecule has 1 unspecified atom stereocenters. The number of tetrazole rings is 1. The van der Waals surface area contributed by atoms with Crippen molar-refractivity contribution in [1.82, 2.24) is 40.0 Å². The lowest BCUT2D eigenvalue weighted by Gasteiger charge is -2.41. The van der Waals surface area contributed by atoms with Crippen LogP contribution in [0.3, 0.4) is 0 Å². The second-order valence-electron chi connectivity index (χ2n) is 7.96. The molecule has 0 aliphatic carbocycles. The molecule has 0 N–H and O–H groups in total. The normalized spacial score (nSPS) is 18.9. The maximum Gasteiger partial charge on any atom is 0.433 e. The Morgan fingerprint density at radius 3 is 2.55 bits per heavy atom. The molecule has 0 radical (unpaired) electrons. The van der Waals surface area contributed by atoms with Crippen molar-refractivity contribution in [2.75, 3.05) is 26.2 Å². The largest absolute Gasteiger partial charge is 0.433 e. The number of carbonyl (C=O) groups is 1. The zero-order valence-corrected chi connectivity index (χ0v) is 17.3. The highest BCUT2D eigenvalue weighted by Gasteiger charge is 2.37. The number of nitrogens with zero attached hydrogens (tertiary/aromatic N) is 8. The quantitative estimate of drug-likeness (QED) is 0.590. The van der Waals surface area contributed by atoms with Crippen LogP contribution in [0.5, 0.6) is 11.8 Å². The van der Waals surface area contributed by atoms with Crippen molar-refractivity contribution in [3.05, 3.63) is 54.1 Å². The molecule has 1 aromatic carbocycles. The Balaban J connectivity index is 1.14. The number of halogens is 3. The van der Waals surface area contributed by atoms with Crippen molar-refractivity contribution in [3.63, 3.8) is 0 Å². The molecule has 0 saturated carbocycles. The first-order chi connectivity index (χ1) is 15.9. The Kier molecular flexibility index (Phi) is 5.30. The number of hydrogen-bond acceptors (Lipinski definition) is 7. The van der Waals surface area contributed by atoms with Gasteiger partial charge < -0.3 is 14.5 Å². The monoisotopic (exact) mass is 460 g/mol. The number of hydrogen-bond donors (Lipinski definition) is 0. The van der Waals surface area contributed by atoms with E-state index in [4.69, 9.17) is 4.74 Å². The molecule has 2 saturated heterocycles. The highest BCUT2D eigenvalue weighted by molar-refractivity contribution is 5.76. The fourth-order valence-corrected chi connectivity index (χ4v) is 3.97. The first kappa shape index (κ1) is 21.1. The second-order valence-corrected chi connectivity index (χ2v) is 7.96. The van der Waals surface area contributed by atoms with Crippen LogP contribution in [0.25, 0.3) is 0 Å². The van der Waals surface area contributed by atoms with Crippen LogP contribution in [0, 0.1) is 0 Å². The first-order valence-electron chi connectivity index (χ1n) is 10.3. The molecule has 3 aromatic rings. The molecule has 10 nitrogen and oxygen atoms in total. The first-order valence-corrected chi connectivity index (χ1v) is 10.3. The average molecular weight is 460 g/mol. The van der Waals surface area contributed by atoms with Crippen LogP contribution < -0.4 is 4.74 Å². The van der Waals surface area contributed by atoms with Crippen LogP contribution in [0.4, 0.5) is 18.0 Å². The molecule has 13 heteroatoms. The van der Waals surface area contributed by atoms with Gasteiger partial charge in [0.2, 0.25) is 0 Å². The third kappa shape index (κ3) is 4.43. The fourth-order valence-electron chi connectivity index (χ4n) is 3.97. The SMILES string of the molecule is O=C(N1CC(c2ccc(Oc3nccc(C(F)(F)F)n3)cc2)C1)N1CCC(n2cnnn2)C1. The van der Waals surface area contributed by atoms with Crippen molar-refractivity contribution in [3.8, 4) is 11.8 Å². The molecule has 2 amide bonds. The topological polar surface area (TPSA) is 102 Å². The minimum atomic E-state index is -4.57. The van der Waals surface area contributed by atoms with E-state index in [0.717, 1.165) is 24.2 Å². The maximum atomic E-state index is 12.8. The highest BCUT2D eigenvalue weighted by atomic mass is 19.4. The molecular formula is C20H19F3N8O2. The molecule has 0 spiro atoms. The lowest BCUT2D eigenvalue weighted by molar-refractivity contribution is -0.141. The van der Waals surface area contributed by atoms with E-state index in [-0.39, 0.29) is 24.0 Å². The van der Waals surface area contributed by atoms with Crippen LogP contribution in [-0.2, 0) is 6.18 Å². The lowest BCUT2D eigenvalue weighted by atomic mass is 9.92. The van der Waals surface area contributed by atoms with Crippen LogP contribution in [0.15, 0.2) is 42.9 Å². The number of ether oxygens (including phenoxy) is 1. The molecule has 172 valence electrons. The number of amides is 2. The summed E-state index contributed by atoms with van der Waals surface area (Å²) in [5.41, 5.74) is -0.0463. The average Bonchev–Trinajstić information content (AvgIpc) is 3.45. The van der Waals surface area contributed by atoms with Crippen molar-refractivity contribution in [2.24, 2.45) is 0 Å². The summed E-state index contributed by atoms with van der Waals surface area (Å²) >= 11 is 0. The minimum absolute atomic E-state index is 0.00322. The van der Waals surface area contributed by atoms with E-state index < -0.39 is 11.9 Å². The molecule has 4 heterocycles. The van der Waals surface area contributed by atoms with Gasteiger partial charge in [-0.1, -0.05) is 12.1 Å². The van der Waals surface area contributed by atoms with Gasteiger partial charge in [-0.25, -0.2) is 14.5 Å². The third-order valence-electron chi connectivity index (χ3n) is 5.81. The standard InChI is InChI=1S/C20H19F3N8O2/c21-20(22,23)17-5-7-24-18(26-17)33-16-3-1-13(2-4-16)14-9-30(10-14)19(32)29-8-6-15(11-29)31-12-25-27-28-31/h1-5,7,12,14-15H,6,8-11H2. The van der Waals surface area contributed by atoms with Crippen LogP contribution in [-0.4, -0.2) is 72.2 Å². The predicted octanol–water partition coefficient (Wildman–Crippen LogP) is 2.74. The number of aromatic nitrogens is 6. The van der Waals surface area contributed by atoms with E-state index >= 15 is 0 Å². The number of rotatable bonds is 4. The maximum absolute atomic E-state index is 12.8. The molecule has 1 atom stereocenters. The Hall–Kier alpha value is -3.77. The summed E-state index contributed by atoms with van der Waals surface area (Å²) in [6, 6.07) is 7.48. The Labute approximate surface area is 186 Å². The van der Waals surface area contributed by atoms with E-state index in [2.05, 4.69) is 25.5 Å². The Morgan fingerprint density at radius 1 is 1.06 bits per heavy atom. The van der Waals surface area contributed by atoms with E-state index in [9.17, 15) is 18.0 Å². The smallest absolute Gasteiger partial charge is 0.424 e. The fraction of sp³-hybridized carbons (Fsp3) is 0.400. The van der Waals surface area contributed by atoms with Crippen molar-refractivity contribution in [1.29, 1.82) is 0 Å². The number of alkyl halides is 3. The minimum Gasteiger partial charge on any atom is -0.424 e. The highest BCUT2D eigenvalue weighted by Crippen LogP contribution is 2.32. The summed E-state index contributed by atoms with van der Waals surface area (Å²) in [4.78, 5) is 23.5.